The van der Waals surface area contributed by atoms with Crippen LogP contribution < -0.4 is 16.8 Å². The van der Waals surface area contributed by atoms with Crippen molar-refractivity contribution in [2.24, 2.45) is 57.8 Å². The molecule has 3 saturated carbocycles. The minimum atomic E-state index is -0.259. The maximum atomic E-state index is 13.4. The molecule has 0 saturated heterocycles. The zero-order valence-electron chi connectivity index (χ0n) is 36.0. The highest BCUT2D eigenvalue weighted by Crippen LogP contribution is 2.67. The molecule has 5 nitrogen and oxygen atoms in total. The molecule has 0 unspecified atom stereocenters. The second-order valence-electron chi connectivity index (χ2n) is 20.1. The smallest absolute Gasteiger partial charge is 0.223 e. The first-order valence-corrected chi connectivity index (χ1v) is 23.9. The van der Waals surface area contributed by atoms with Crippen molar-refractivity contribution in [3.63, 3.8) is 0 Å². The molecule has 3 fully saturated rings. The standard InChI is InChI=1S/C44H82N4OS2.3ClH/c1-32(2)13-12-14-33(3)37-17-18-38-36-16-15-34-31-35(19-22-43(34,8)39(36)20-23-44(37,38)9)51-50-30-21-40(49)48(29-25-42(6,7)46)28-11-10-26-47-27-24-41(4,5)45;;;/h15,32-33,35-39,47H,10-14,16-31,45-46H2,1-9H3;3*1H/t33-,35+,36+,37-,38+,39+,43+,44-;;;/m1.../s1. The van der Waals surface area contributed by atoms with E-state index in [9.17, 15) is 4.79 Å². The number of nitrogens with two attached hydrogens (primary N) is 2. The number of unbranched alkanes of at least 4 members (excludes halogenated alkanes) is 1. The number of fused-ring (bicyclic) bond motifs is 5. The molecule has 0 aromatic carbocycles. The fraction of sp³-hybridized carbons (Fsp3) is 0.932. The van der Waals surface area contributed by atoms with E-state index in [0.29, 0.717) is 28.4 Å². The molecule has 10 heteroatoms. The predicted octanol–water partition coefficient (Wildman–Crippen LogP) is 11.9. The van der Waals surface area contributed by atoms with E-state index in [2.05, 4.69) is 89.4 Å². The van der Waals surface area contributed by atoms with E-state index in [1.807, 2.05) is 10.8 Å². The molecule has 5 N–H and O–H groups in total. The van der Waals surface area contributed by atoms with Crippen molar-refractivity contribution < 1.29 is 4.79 Å². The third-order valence-electron chi connectivity index (χ3n) is 14.2. The summed E-state index contributed by atoms with van der Waals surface area (Å²) < 4.78 is 0. The average molecular weight is 857 g/mol. The Balaban J connectivity index is 0.00000486. The number of amides is 1. The summed E-state index contributed by atoms with van der Waals surface area (Å²) in [5, 5.41) is 4.20. The van der Waals surface area contributed by atoms with Crippen LogP contribution >= 0.6 is 58.8 Å². The number of hydrogen-bond acceptors (Lipinski definition) is 6. The van der Waals surface area contributed by atoms with Crippen molar-refractivity contribution in [3.8, 4) is 0 Å². The van der Waals surface area contributed by atoms with Gasteiger partial charge in [0, 0.05) is 41.6 Å². The summed E-state index contributed by atoms with van der Waals surface area (Å²) in [6, 6.07) is 0. The first kappa shape index (κ1) is 52.7. The number of hydrogen-bond donors (Lipinski definition) is 3. The molecule has 8 atom stereocenters. The number of rotatable bonds is 21. The molecule has 0 heterocycles. The van der Waals surface area contributed by atoms with Gasteiger partial charge in [-0.05, 0) is 164 Å². The summed E-state index contributed by atoms with van der Waals surface area (Å²) in [6.07, 6.45) is 22.7. The minimum absolute atomic E-state index is 0. The van der Waals surface area contributed by atoms with Crippen LogP contribution in [0.3, 0.4) is 0 Å². The van der Waals surface area contributed by atoms with E-state index in [4.69, 9.17) is 11.5 Å². The summed E-state index contributed by atoms with van der Waals surface area (Å²) in [5.74, 6) is 6.58. The van der Waals surface area contributed by atoms with E-state index in [0.717, 1.165) is 93.1 Å². The van der Waals surface area contributed by atoms with Crippen LogP contribution in [-0.4, -0.2) is 59.1 Å². The van der Waals surface area contributed by atoms with Crippen molar-refractivity contribution >= 4 is 64.7 Å². The molecule has 4 rings (SSSR count). The number of nitrogens with zero attached hydrogens (tertiary/aromatic N) is 1. The fourth-order valence-corrected chi connectivity index (χ4v) is 13.7. The highest BCUT2D eigenvalue weighted by Gasteiger charge is 2.59. The van der Waals surface area contributed by atoms with Crippen LogP contribution in [0.2, 0.25) is 0 Å². The molecule has 0 spiro atoms. The Hall–Kier alpha value is 0.660. The Labute approximate surface area is 360 Å². The van der Waals surface area contributed by atoms with E-state index in [1.54, 1.807) is 5.57 Å². The molecule has 0 aromatic rings. The van der Waals surface area contributed by atoms with E-state index < -0.39 is 0 Å². The van der Waals surface area contributed by atoms with Crippen LogP contribution in [0.4, 0.5) is 0 Å². The normalized spacial score (nSPS) is 29.8. The Morgan fingerprint density at radius 1 is 0.889 bits per heavy atom. The predicted molar refractivity (Wildman–Crippen MR) is 248 cm³/mol. The topological polar surface area (TPSA) is 84.4 Å². The van der Waals surface area contributed by atoms with Gasteiger partial charge in [0.2, 0.25) is 5.91 Å². The maximum absolute atomic E-state index is 13.4. The molecule has 4 aliphatic carbocycles. The van der Waals surface area contributed by atoms with Gasteiger partial charge in [-0.2, -0.15) is 0 Å². The largest absolute Gasteiger partial charge is 0.343 e. The van der Waals surface area contributed by atoms with Crippen LogP contribution in [-0.2, 0) is 4.79 Å². The van der Waals surface area contributed by atoms with Crippen LogP contribution in [0.15, 0.2) is 11.6 Å². The molecule has 0 aromatic heterocycles. The van der Waals surface area contributed by atoms with Gasteiger partial charge in [-0.3, -0.25) is 4.79 Å². The van der Waals surface area contributed by atoms with Crippen LogP contribution in [0.1, 0.15) is 165 Å². The maximum Gasteiger partial charge on any atom is 0.223 e. The first-order valence-electron chi connectivity index (χ1n) is 21.5. The fourth-order valence-electron chi connectivity index (χ4n) is 11.0. The molecule has 4 aliphatic rings. The summed E-state index contributed by atoms with van der Waals surface area (Å²) in [5.41, 5.74) is 14.8. The van der Waals surface area contributed by atoms with E-state index in [1.165, 1.54) is 70.6 Å². The van der Waals surface area contributed by atoms with Gasteiger partial charge >= 0.3 is 0 Å². The molecule has 54 heavy (non-hydrogen) atoms. The average Bonchev–Trinajstić information content (AvgIpc) is 3.40. The SMILES string of the molecule is CC(C)CCC[C@@H](C)[C@H]1CC[C@H]2[C@@H]3CC=C4C[C@@H](SSCCC(=O)N(CCCCNCCC(C)(C)N)CCC(C)(C)N)CC[C@]4(C)[C@H]3CC[C@]12C.Cl.Cl.Cl. The number of carbonyl (C=O) groups excluding carboxylic acids is 1. The van der Waals surface area contributed by atoms with Crippen molar-refractivity contribution in [3.05, 3.63) is 11.6 Å². The van der Waals surface area contributed by atoms with Gasteiger partial charge in [0.1, 0.15) is 0 Å². The second kappa shape index (κ2) is 23.4. The lowest BCUT2D eigenvalue weighted by molar-refractivity contribution is -0.131. The summed E-state index contributed by atoms with van der Waals surface area (Å²) in [7, 11) is 4.03. The van der Waals surface area contributed by atoms with Crippen LogP contribution in [0, 0.1) is 46.3 Å². The minimum Gasteiger partial charge on any atom is -0.343 e. The zero-order valence-corrected chi connectivity index (χ0v) is 40.1. The van der Waals surface area contributed by atoms with Gasteiger partial charge in [-0.15, -0.1) is 37.2 Å². The molecular formula is C44H85Cl3N4OS2. The highest BCUT2D eigenvalue weighted by molar-refractivity contribution is 8.76. The lowest BCUT2D eigenvalue weighted by Gasteiger charge is -2.58. The van der Waals surface area contributed by atoms with Crippen molar-refractivity contribution in [2.75, 3.05) is 31.9 Å². The van der Waals surface area contributed by atoms with Crippen molar-refractivity contribution in [2.45, 2.75) is 181 Å². The van der Waals surface area contributed by atoms with Crippen molar-refractivity contribution in [1.29, 1.82) is 0 Å². The number of carbonyl (C=O) groups is 1. The van der Waals surface area contributed by atoms with E-state index in [-0.39, 0.29) is 48.3 Å². The number of halogens is 3. The molecular weight excluding hydrogens is 771 g/mol. The molecule has 1 amide bonds. The highest BCUT2D eigenvalue weighted by atomic mass is 35.5. The van der Waals surface area contributed by atoms with Gasteiger partial charge in [0.15, 0.2) is 0 Å². The monoisotopic (exact) mass is 855 g/mol. The Bertz CT molecular complexity index is 1130. The van der Waals surface area contributed by atoms with Gasteiger partial charge < -0.3 is 21.7 Å². The first-order chi connectivity index (χ1) is 23.9. The number of allylic oxidation sites excluding steroid dienone is 2. The Morgan fingerprint density at radius 3 is 2.26 bits per heavy atom. The number of nitrogens with one attached hydrogen (secondary N) is 1. The third kappa shape index (κ3) is 15.0. The van der Waals surface area contributed by atoms with Gasteiger partial charge in [0.25, 0.3) is 0 Å². The summed E-state index contributed by atoms with van der Waals surface area (Å²) >= 11 is 0. The second-order valence-corrected chi connectivity index (χ2v) is 22.9. The van der Waals surface area contributed by atoms with Gasteiger partial charge in [-0.25, -0.2) is 0 Å². The van der Waals surface area contributed by atoms with Crippen molar-refractivity contribution in [1.82, 2.24) is 10.2 Å². The zero-order chi connectivity index (χ0) is 37.5. The van der Waals surface area contributed by atoms with E-state index >= 15 is 0 Å². The van der Waals surface area contributed by atoms with Crippen LogP contribution in [0.5, 0.6) is 0 Å². The lowest BCUT2D eigenvalue weighted by atomic mass is 9.47. The summed E-state index contributed by atoms with van der Waals surface area (Å²) in [4.78, 5) is 15.5. The molecule has 0 radical (unpaired) electrons. The summed E-state index contributed by atoms with van der Waals surface area (Å²) in [6.45, 7) is 24.5. The molecule has 0 aliphatic heterocycles. The molecule has 320 valence electrons. The quantitative estimate of drug-likeness (QED) is 0.0606. The molecule has 0 bridgehead atoms. The van der Waals surface area contributed by atoms with Gasteiger partial charge in [0.05, 0.1) is 0 Å². The van der Waals surface area contributed by atoms with Crippen LogP contribution in [0.25, 0.3) is 0 Å². The Kier molecular flexibility index (Phi) is 22.9. The third-order valence-corrected chi connectivity index (χ3v) is 17.1. The Morgan fingerprint density at radius 2 is 1.59 bits per heavy atom. The lowest BCUT2D eigenvalue weighted by Crippen LogP contribution is -2.50. The van der Waals surface area contributed by atoms with Gasteiger partial charge in [-0.1, -0.05) is 87.1 Å².